The Morgan fingerprint density at radius 1 is 1.48 bits per heavy atom. The van der Waals surface area contributed by atoms with E-state index in [0.29, 0.717) is 0 Å². The van der Waals surface area contributed by atoms with Gasteiger partial charge in [0.1, 0.15) is 5.82 Å². The van der Waals surface area contributed by atoms with Crippen LogP contribution in [-0.4, -0.2) is 17.7 Å². The summed E-state index contributed by atoms with van der Waals surface area (Å²) in [5.74, 6) is -2.05. The molecule has 0 saturated heterocycles. The SMILES string of the molecule is CCOC(=O)C1(O)CCc2cc(-c3c(C(F)F)ccc(Cl)c3F)c[n+]([O-])c21. The van der Waals surface area contributed by atoms with Gasteiger partial charge in [-0.3, -0.25) is 0 Å². The summed E-state index contributed by atoms with van der Waals surface area (Å²) in [6, 6.07) is 3.31. The van der Waals surface area contributed by atoms with Crippen molar-refractivity contribution < 1.29 is 32.5 Å². The van der Waals surface area contributed by atoms with Crippen molar-refractivity contribution in [2.75, 3.05) is 6.61 Å². The summed E-state index contributed by atoms with van der Waals surface area (Å²) in [6.45, 7) is 1.57. The number of hydrogen-bond donors (Lipinski definition) is 1. The van der Waals surface area contributed by atoms with Gasteiger partial charge in [0.25, 0.3) is 6.43 Å². The summed E-state index contributed by atoms with van der Waals surface area (Å²) in [5, 5.41) is 22.8. The molecule has 5 nitrogen and oxygen atoms in total. The molecule has 0 fully saturated rings. The first-order chi connectivity index (χ1) is 12.7. The highest BCUT2D eigenvalue weighted by Gasteiger charge is 2.52. The molecule has 1 aliphatic carbocycles. The van der Waals surface area contributed by atoms with Crippen molar-refractivity contribution >= 4 is 17.6 Å². The van der Waals surface area contributed by atoms with E-state index in [1.54, 1.807) is 6.92 Å². The number of halogens is 4. The molecule has 1 heterocycles. The van der Waals surface area contributed by atoms with Crippen molar-refractivity contribution in [2.24, 2.45) is 0 Å². The van der Waals surface area contributed by atoms with E-state index in [1.165, 1.54) is 6.07 Å². The second-order valence-electron chi connectivity index (χ2n) is 6.14. The average molecular weight is 402 g/mol. The fraction of sp³-hybridized carbons (Fsp3) is 0.333. The summed E-state index contributed by atoms with van der Waals surface area (Å²) in [6.07, 6.45) is -2.13. The Balaban J connectivity index is 2.18. The first-order valence-corrected chi connectivity index (χ1v) is 8.51. The van der Waals surface area contributed by atoms with Gasteiger partial charge < -0.3 is 15.1 Å². The number of aromatic nitrogens is 1. The number of carbonyl (C=O) groups is 1. The molecule has 0 bridgehead atoms. The van der Waals surface area contributed by atoms with Gasteiger partial charge in [0, 0.05) is 23.1 Å². The van der Waals surface area contributed by atoms with Crippen molar-refractivity contribution in [1.82, 2.24) is 0 Å². The second kappa shape index (κ2) is 7.01. The number of benzene rings is 1. The highest BCUT2D eigenvalue weighted by molar-refractivity contribution is 6.31. The maximum Gasteiger partial charge on any atom is 0.349 e. The predicted octanol–water partition coefficient (Wildman–Crippen LogP) is 3.41. The number of pyridine rings is 1. The third kappa shape index (κ3) is 3.12. The quantitative estimate of drug-likeness (QED) is 0.484. The van der Waals surface area contributed by atoms with Crippen LogP contribution in [0.1, 0.15) is 36.6 Å². The molecule has 3 rings (SSSR count). The van der Waals surface area contributed by atoms with Gasteiger partial charge in [-0.1, -0.05) is 17.7 Å². The maximum atomic E-state index is 14.5. The van der Waals surface area contributed by atoms with E-state index in [9.17, 15) is 28.3 Å². The summed E-state index contributed by atoms with van der Waals surface area (Å²) in [5.41, 5.74) is -3.35. The average Bonchev–Trinajstić information content (AvgIpc) is 2.96. The van der Waals surface area contributed by atoms with E-state index in [-0.39, 0.29) is 46.0 Å². The van der Waals surface area contributed by atoms with Crippen LogP contribution >= 0.6 is 11.6 Å². The molecular formula is C18H15ClF3NO4. The molecule has 0 aliphatic heterocycles. The lowest BCUT2D eigenvalue weighted by Crippen LogP contribution is -2.46. The Hall–Kier alpha value is -2.32. The lowest BCUT2D eigenvalue weighted by molar-refractivity contribution is -0.620. The lowest BCUT2D eigenvalue weighted by Gasteiger charge is -2.20. The normalized spacial score (nSPS) is 18.6. The van der Waals surface area contributed by atoms with Gasteiger partial charge in [0.05, 0.1) is 17.2 Å². The number of alkyl halides is 2. The van der Waals surface area contributed by atoms with Crippen LogP contribution < -0.4 is 4.73 Å². The van der Waals surface area contributed by atoms with Gasteiger partial charge >= 0.3 is 5.97 Å². The van der Waals surface area contributed by atoms with E-state index in [2.05, 4.69) is 0 Å². The van der Waals surface area contributed by atoms with E-state index in [0.717, 1.165) is 18.3 Å². The molecule has 27 heavy (non-hydrogen) atoms. The number of ether oxygens (including phenoxy) is 1. The van der Waals surface area contributed by atoms with Crippen molar-refractivity contribution in [1.29, 1.82) is 0 Å². The summed E-state index contributed by atoms with van der Waals surface area (Å²) < 4.78 is 46.1. The number of carbonyl (C=O) groups excluding carboxylic acids is 1. The Morgan fingerprint density at radius 2 is 2.19 bits per heavy atom. The van der Waals surface area contributed by atoms with Crippen molar-refractivity contribution in [2.45, 2.75) is 31.8 Å². The molecular weight excluding hydrogens is 387 g/mol. The first-order valence-electron chi connectivity index (χ1n) is 8.13. The molecule has 1 aromatic heterocycles. The van der Waals surface area contributed by atoms with Gasteiger partial charge in [-0.2, -0.15) is 4.73 Å². The third-order valence-corrected chi connectivity index (χ3v) is 4.81. The van der Waals surface area contributed by atoms with Crippen LogP contribution in [0.5, 0.6) is 0 Å². The van der Waals surface area contributed by atoms with Crippen LogP contribution in [0.4, 0.5) is 13.2 Å². The predicted molar refractivity (Wildman–Crippen MR) is 89.6 cm³/mol. The Kier molecular flexibility index (Phi) is 5.05. The number of fused-ring (bicyclic) bond motifs is 1. The minimum atomic E-state index is -2.99. The molecule has 2 aromatic rings. The summed E-state index contributed by atoms with van der Waals surface area (Å²) in [7, 11) is 0. The third-order valence-electron chi connectivity index (χ3n) is 4.52. The summed E-state index contributed by atoms with van der Waals surface area (Å²) in [4.78, 5) is 12.1. The molecule has 0 spiro atoms. The Labute approximate surface area is 157 Å². The fourth-order valence-electron chi connectivity index (χ4n) is 3.32. The minimum absolute atomic E-state index is 0.0128. The van der Waals surface area contributed by atoms with Gasteiger partial charge in [0.15, 0.2) is 6.20 Å². The number of aliphatic hydroxyl groups is 1. The number of rotatable bonds is 4. The minimum Gasteiger partial charge on any atom is -0.618 e. The Bertz CT molecular complexity index is 922. The number of nitrogens with zero attached hydrogens (tertiary/aromatic N) is 1. The van der Waals surface area contributed by atoms with E-state index < -0.39 is 34.9 Å². The van der Waals surface area contributed by atoms with E-state index in [1.807, 2.05) is 0 Å². The van der Waals surface area contributed by atoms with Gasteiger partial charge in [0.2, 0.25) is 11.3 Å². The molecule has 9 heteroatoms. The van der Waals surface area contributed by atoms with Gasteiger partial charge in [-0.25, -0.2) is 18.0 Å². The number of aryl methyl sites for hydroxylation is 1. The monoisotopic (exact) mass is 401 g/mol. The van der Waals surface area contributed by atoms with Crippen molar-refractivity contribution in [3.05, 3.63) is 57.3 Å². The van der Waals surface area contributed by atoms with Crippen molar-refractivity contribution in [3.63, 3.8) is 0 Å². The topological polar surface area (TPSA) is 73.5 Å². The van der Waals surface area contributed by atoms with Crippen molar-refractivity contribution in [3.8, 4) is 11.1 Å². The van der Waals surface area contributed by atoms with Crippen LogP contribution in [0.2, 0.25) is 5.02 Å². The molecule has 1 aromatic carbocycles. The summed E-state index contributed by atoms with van der Waals surface area (Å²) >= 11 is 5.71. The molecule has 0 radical (unpaired) electrons. The molecule has 1 unspecified atom stereocenters. The zero-order chi connectivity index (χ0) is 19.9. The number of esters is 1. The first kappa shape index (κ1) is 19.4. The molecule has 1 N–H and O–H groups in total. The molecule has 0 amide bonds. The standard InChI is InChI=1S/C18H15ClF3NO4/c1-2-27-17(24)18(25)6-5-9-7-10(8-23(26)15(9)18)13-11(16(21)22)3-4-12(19)14(13)20/h3-4,7-8,16,25H,2,5-6H2,1H3. The van der Waals surface area contributed by atoms with Crippen LogP contribution in [0.15, 0.2) is 24.4 Å². The maximum absolute atomic E-state index is 14.5. The molecule has 144 valence electrons. The van der Waals surface area contributed by atoms with Crippen LogP contribution in [0.3, 0.4) is 0 Å². The van der Waals surface area contributed by atoms with Gasteiger partial charge in [-0.15, -0.1) is 0 Å². The highest BCUT2D eigenvalue weighted by Crippen LogP contribution is 2.40. The zero-order valence-electron chi connectivity index (χ0n) is 14.1. The molecule has 0 saturated carbocycles. The Morgan fingerprint density at radius 3 is 2.81 bits per heavy atom. The molecule has 1 atom stereocenters. The van der Waals surface area contributed by atoms with Crippen LogP contribution in [0, 0.1) is 11.0 Å². The lowest BCUT2D eigenvalue weighted by atomic mass is 9.97. The number of hydrogen-bond acceptors (Lipinski definition) is 4. The van der Waals surface area contributed by atoms with E-state index in [4.69, 9.17) is 16.3 Å². The zero-order valence-corrected chi connectivity index (χ0v) is 14.9. The van der Waals surface area contributed by atoms with E-state index >= 15 is 0 Å². The van der Waals surface area contributed by atoms with Crippen LogP contribution in [0.25, 0.3) is 11.1 Å². The van der Waals surface area contributed by atoms with Crippen LogP contribution in [-0.2, 0) is 21.6 Å². The second-order valence-corrected chi connectivity index (χ2v) is 6.54. The largest absolute Gasteiger partial charge is 0.618 e. The smallest absolute Gasteiger partial charge is 0.349 e. The fourth-order valence-corrected chi connectivity index (χ4v) is 3.48. The molecule has 1 aliphatic rings. The van der Waals surface area contributed by atoms with Gasteiger partial charge in [-0.05, 0) is 25.5 Å². The highest BCUT2D eigenvalue weighted by atomic mass is 35.5.